The summed E-state index contributed by atoms with van der Waals surface area (Å²) in [6.45, 7) is 2.66. The highest BCUT2D eigenvalue weighted by molar-refractivity contribution is 7.10. The van der Waals surface area contributed by atoms with Crippen LogP contribution in [0.15, 0.2) is 35.7 Å². The Kier molecular flexibility index (Phi) is 4.32. The molecule has 2 aromatic rings. The van der Waals surface area contributed by atoms with Crippen LogP contribution in [0.25, 0.3) is 0 Å². The monoisotopic (exact) mass is 270 g/mol. The SMILES string of the molecule is CCc1ccsc1CNC(=O)c1ccc(C#N)cc1. The molecule has 0 aliphatic carbocycles. The van der Waals surface area contributed by atoms with Gasteiger partial charge in [0.05, 0.1) is 18.2 Å². The van der Waals surface area contributed by atoms with Crippen LogP contribution in [0, 0.1) is 11.3 Å². The molecule has 0 spiro atoms. The minimum absolute atomic E-state index is 0.111. The predicted molar refractivity (Wildman–Crippen MR) is 76.0 cm³/mol. The summed E-state index contributed by atoms with van der Waals surface area (Å²) in [5.41, 5.74) is 2.42. The predicted octanol–water partition coefficient (Wildman–Crippen LogP) is 3.11. The van der Waals surface area contributed by atoms with Gasteiger partial charge in [0.2, 0.25) is 0 Å². The quantitative estimate of drug-likeness (QED) is 0.928. The van der Waals surface area contributed by atoms with Crippen molar-refractivity contribution in [1.29, 1.82) is 5.26 Å². The van der Waals surface area contributed by atoms with Gasteiger partial charge >= 0.3 is 0 Å². The molecule has 19 heavy (non-hydrogen) atoms. The minimum Gasteiger partial charge on any atom is -0.347 e. The molecule has 2 rings (SSSR count). The highest BCUT2D eigenvalue weighted by Crippen LogP contribution is 2.17. The van der Waals surface area contributed by atoms with Crippen molar-refractivity contribution in [2.45, 2.75) is 19.9 Å². The molecule has 0 saturated carbocycles. The van der Waals surface area contributed by atoms with Crippen molar-refractivity contribution in [3.63, 3.8) is 0 Å². The van der Waals surface area contributed by atoms with Crippen molar-refractivity contribution in [2.75, 3.05) is 0 Å². The molecule has 0 saturated heterocycles. The Morgan fingerprint density at radius 3 is 2.68 bits per heavy atom. The number of aryl methyl sites for hydroxylation is 1. The van der Waals surface area contributed by atoms with Crippen LogP contribution in [0.5, 0.6) is 0 Å². The minimum atomic E-state index is -0.111. The van der Waals surface area contributed by atoms with Gasteiger partial charge in [0.25, 0.3) is 5.91 Å². The number of carbonyl (C=O) groups excluding carboxylic acids is 1. The number of rotatable bonds is 4. The lowest BCUT2D eigenvalue weighted by atomic mass is 10.1. The maximum absolute atomic E-state index is 11.9. The second kappa shape index (κ2) is 6.17. The Balaban J connectivity index is 1.99. The van der Waals surface area contributed by atoms with Gasteiger partial charge in [-0.2, -0.15) is 5.26 Å². The number of thiophene rings is 1. The van der Waals surface area contributed by atoms with E-state index in [-0.39, 0.29) is 5.91 Å². The molecule has 3 nitrogen and oxygen atoms in total. The molecule has 0 fully saturated rings. The molecule has 1 N–H and O–H groups in total. The number of nitriles is 1. The Hall–Kier alpha value is -2.12. The Morgan fingerprint density at radius 1 is 1.32 bits per heavy atom. The van der Waals surface area contributed by atoms with E-state index in [9.17, 15) is 4.79 Å². The number of carbonyl (C=O) groups is 1. The molecule has 0 unspecified atom stereocenters. The van der Waals surface area contributed by atoms with Gasteiger partial charge in [0.1, 0.15) is 0 Å². The van der Waals surface area contributed by atoms with Gasteiger partial charge in [-0.25, -0.2) is 0 Å². The molecule has 1 aromatic heterocycles. The summed E-state index contributed by atoms with van der Waals surface area (Å²) in [6, 6.07) is 10.8. The summed E-state index contributed by atoms with van der Waals surface area (Å²) in [5.74, 6) is -0.111. The second-order valence-electron chi connectivity index (χ2n) is 4.09. The zero-order valence-corrected chi connectivity index (χ0v) is 11.5. The summed E-state index contributed by atoms with van der Waals surface area (Å²) in [7, 11) is 0. The molecule has 0 atom stereocenters. The summed E-state index contributed by atoms with van der Waals surface area (Å²) in [4.78, 5) is 13.1. The van der Waals surface area contributed by atoms with Crippen molar-refractivity contribution in [1.82, 2.24) is 5.32 Å². The first-order valence-corrected chi connectivity index (χ1v) is 6.96. The lowest BCUT2D eigenvalue weighted by Gasteiger charge is -2.05. The van der Waals surface area contributed by atoms with Gasteiger partial charge < -0.3 is 5.32 Å². The van der Waals surface area contributed by atoms with Gasteiger partial charge in [0.15, 0.2) is 0 Å². The molecule has 1 heterocycles. The Bertz CT molecular complexity index is 608. The molecule has 0 aliphatic heterocycles. The van der Waals surface area contributed by atoms with Crippen LogP contribution < -0.4 is 5.32 Å². The number of nitrogens with zero attached hydrogens (tertiary/aromatic N) is 1. The number of nitrogens with one attached hydrogen (secondary N) is 1. The molecular weight excluding hydrogens is 256 g/mol. The zero-order chi connectivity index (χ0) is 13.7. The highest BCUT2D eigenvalue weighted by atomic mass is 32.1. The fraction of sp³-hybridized carbons (Fsp3) is 0.200. The van der Waals surface area contributed by atoms with E-state index in [4.69, 9.17) is 5.26 Å². The third-order valence-corrected chi connectivity index (χ3v) is 3.87. The molecule has 4 heteroatoms. The first-order valence-electron chi connectivity index (χ1n) is 6.08. The first-order chi connectivity index (χ1) is 9.24. The van der Waals surface area contributed by atoms with E-state index in [1.807, 2.05) is 11.4 Å². The van der Waals surface area contributed by atoms with E-state index in [0.29, 0.717) is 17.7 Å². The van der Waals surface area contributed by atoms with E-state index >= 15 is 0 Å². The Labute approximate surface area is 116 Å². The van der Waals surface area contributed by atoms with E-state index in [0.717, 1.165) is 6.42 Å². The molecule has 1 aromatic carbocycles. The molecule has 1 amide bonds. The smallest absolute Gasteiger partial charge is 0.251 e. The van der Waals surface area contributed by atoms with E-state index in [2.05, 4.69) is 18.3 Å². The van der Waals surface area contributed by atoms with Crippen LogP contribution in [0.3, 0.4) is 0 Å². The fourth-order valence-corrected chi connectivity index (χ4v) is 2.71. The summed E-state index contributed by atoms with van der Waals surface area (Å²) in [6.07, 6.45) is 0.978. The second-order valence-corrected chi connectivity index (χ2v) is 5.10. The number of hydrogen-bond donors (Lipinski definition) is 1. The standard InChI is InChI=1S/C15H14N2OS/c1-2-12-7-8-19-14(12)10-17-15(18)13-5-3-11(9-16)4-6-13/h3-8H,2,10H2,1H3,(H,17,18). The molecule has 0 bridgehead atoms. The topological polar surface area (TPSA) is 52.9 Å². The van der Waals surface area contributed by atoms with Crippen LogP contribution in [0.2, 0.25) is 0 Å². The summed E-state index contributed by atoms with van der Waals surface area (Å²) < 4.78 is 0. The molecular formula is C15H14N2OS. The third kappa shape index (κ3) is 3.21. The third-order valence-electron chi connectivity index (χ3n) is 2.90. The van der Waals surface area contributed by atoms with Gasteiger partial charge in [0, 0.05) is 10.4 Å². The van der Waals surface area contributed by atoms with Gasteiger partial charge in [-0.15, -0.1) is 11.3 Å². The summed E-state index contributed by atoms with van der Waals surface area (Å²) >= 11 is 1.66. The van der Waals surface area contributed by atoms with Crippen LogP contribution >= 0.6 is 11.3 Å². The van der Waals surface area contributed by atoms with Crippen molar-refractivity contribution < 1.29 is 4.79 Å². The van der Waals surface area contributed by atoms with E-state index in [1.165, 1.54) is 10.4 Å². The maximum atomic E-state index is 11.9. The van der Waals surface area contributed by atoms with Crippen LogP contribution in [0.1, 0.15) is 33.3 Å². The van der Waals surface area contributed by atoms with Crippen LogP contribution in [0.4, 0.5) is 0 Å². The van der Waals surface area contributed by atoms with Gasteiger partial charge in [-0.1, -0.05) is 6.92 Å². The molecule has 0 aliphatic rings. The average molecular weight is 270 g/mol. The lowest BCUT2D eigenvalue weighted by molar-refractivity contribution is 0.0951. The first kappa shape index (κ1) is 13.3. The zero-order valence-electron chi connectivity index (χ0n) is 10.6. The molecule has 96 valence electrons. The number of benzene rings is 1. The van der Waals surface area contributed by atoms with Crippen molar-refractivity contribution in [3.05, 3.63) is 57.3 Å². The van der Waals surface area contributed by atoms with Crippen molar-refractivity contribution >= 4 is 17.2 Å². The fourth-order valence-electron chi connectivity index (χ4n) is 1.80. The number of amides is 1. The largest absolute Gasteiger partial charge is 0.347 e. The Morgan fingerprint density at radius 2 is 2.05 bits per heavy atom. The molecule has 0 radical (unpaired) electrons. The highest BCUT2D eigenvalue weighted by Gasteiger charge is 2.07. The van der Waals surface area contributed by atoms with Crippen LogP contribution in [-0.2, 0) is 13.0 Å². The van der Waals surface area contributed by atoms with Gasteiger partial charge in [-0.3, -0.25) is 4.79 Å². The maximum Gasteiger partial charge on any atom is 0.251 e. The van der Waals surface area contributed by atoms with Crippen molar-refractivity contribution in [2.24, 2.45) is 0 Å². The van der Waals surface area contributed by atoms with Crippen LogP contribution in [-0.4, -0.2) is 5.91 Å². The summed E-state index contributed by atoms with van der Waals surface area (Å²) in [5, 5.41) is 13.6. The number of hydrogen-bond acceptors (Lipinski definition) is 3. The van der Waals surface area contributed by atoms with E-state index in [1.54, 1.807) is 35.6 Å². The van der Waals surface area contributed by atoms with Crippen molar-refractivity contribution in [3.8, 4) is 6.07 Å². The van der Waals surface area contributed by atoms with Gasteiger partial charge in [-0.05, 0) is 47.7 Å². The lowest BCUT2D eigenvalue weighted by Crippen LogP contribution is -2.22. The normalized spacial score (nSPS) is 9.89. The average Bonchev–Trinajstić information content (AvgIpc) is 2.92. The van der Waals surface area contributed by atoms with E-state index < -0.39 is 0 Å².